The molecule has 4 heteroatoms. The Morgan fingerprint density at radius 2 is 1.29 bits per heavy atom. The summed E-state index contributed by atoms with van der Waals surface area (Å²) >= 11 is 0. The fourth-order valence-electron chi connectivity index (χ4n) is 3.25. The van der Waals surface area contributed by atoms with Gasteiger partial charge in [-0.05, 0) is 38.8 Å². The molecule has 1 heterocycles. The zero-order chi connectivity index (χ0) is 16.4. The van der Waals surface area contributed by atoms with Crippen LogP contribution in [-0.2, 0) is 13.1 Å². The van der Waals surface area contributed by atoms with Crippen molar-refractivity contribution in [3.05, 3.63) is 82.4 Å². The lowest BCUT2D eigenvalue weighted by molar-refractivity contribution is -0.689. The lowest BCUT2D eigenvalue weighted by atomic mass is 10.1. The molecule has 0 fully saturated rings. The zero-order valence-corrected chi connectivity index (χ0v) is 16.3. The van der Waals surface area contributed by atoms with Crippen LogP contribution in [-0.4, -0.2) is 9.78 Å². The summed E-state index contributed by atoms with van der Waals surface area (Å²) in [5.74, 6) is 0. The minimum Gasteiger partial charge on any atom is -1.00 e. The van der Waals surface area contributed by atoms with Gasteiger partial charge >= 0.3 is 0 Å². The third kappa shape index (κ3) is 4.78. The summed E-state index contributed by atoms with van der Waals surface area (Å²) in [5.41, 5.74) is 7.83. The van der Waals surface area contributed by atoms with E-state index >= 15 is 0 Å². The van der Waals surface area contributed by atoms with E-state index in [1.165, 1.54) is 33.4 Å². The van der Waals surface area contributed by atoms with Gasteiger partial charge in [0.2, 0.25) is 6.33 Å². The Hall–Kier alpha value is -1.94. The van der Waals surface area contributed by atoms with Gasteiger partial charge < -0.3 is 17.0 Å². The SMILES string of the molecule is Cc1cc(C)cc(Cn2c[n+](Cc3cc(C)cc(C)c3)cn2)c1.[Br-]. The Labute approximate surface area is 154 Å². The fraction of sp³-hybridized carbons (Fsp3) is 0.300. The van der Waals surface area contributed by atoms with Gasteiger partial charge in [-0.3, -0.25) is 0 Å². The Morgan fingerprint density at radius 3 is 1.83 bits per heavy atom. The van der Waals surface area contributed by atoms with Crippen molar-refractivity contribution in [1.82, 2.24) is 9.78 Å². The molecule has 0 saturated carbocycles. The van der Waals surface area contributed by atoms with Crippen molar-refractivity contribution in [2.75, 3.05) is 0 Å². The first-order chi connectivity index (χ1) is 11.0. The highest BCUT2D eigenvalue weighted by Gasteiger charge is 2.08. The highest BCUT2D eigenvalue weighted by Crippen LogP contribution is 2.10. The number of hydrogen-bond donors (Lipinski definition) is 0. The van der Waals surface area contributed by atoms with Crippen LogP contribution in [0.2, 0.25) is 0 Å². The van der Waals surface area contributed by atoms with Crippen LogP contribution in [0.5, 0.6) is 0 Å². The molecule has 3 nitrogen and oxygen atoms in total. The van der Waals surface area contributed by atoms with E-state index in [0.717, 1.165) is 13.1 Å². The largest absolute Gasteiger partial charge is 1.00 e. The second kappa shape index (κ2) is 7.75. The summed E-state index contributed by atoms with van der Waals surface area (Å²) in [7, 11) is 0. The van der Waals surface area contributed by atoms with Crippen LogP contribution in [0.15, 0.2) is 49.1 Å². The summed E-state index contributed by atoms with van der Waals surface area (Å²) in [6, 6.07) is 13.3. The summed E-state index contributed by atoms with van der Waals surface area (Å²) < 4.78 is 4.13. The maximum atomic E-state index is 4.49. The van der Waals surface area contributed by atoms with Crippen LogP contribution in [0.25, 0.3) is 0 Å². The molecule has 2 aromatic carbocycles. The van der Waals surface area contributed by atoms with Gasteiger partial charge in [0.25, 0.3) is 6.33 Å². The average Bonchev–Trinajstić information content (AvgIpc) is 2.83. The standard InChI is InChI=1S/C20H24N3.BrH/c1-15-5-16(2)8-19(7-15)11-22-13-21-23(14-22)12-20-9-17(3)6-18(4)10-20;/h5-10,13-14H,11-12H2,1-4H3;1H/q+1;/p-1. The summed E-state index contributed by atoms with van der Waals surface area (Å²) in [6.07, 6.45) is 3.98. The van der Waals surface area contributed by atoms with E-state index in [-0.39, 0.29) is 17.0 Å². The van der Waals surface area contributed by atoms with Crippen LogP contribution in [0.3, 0.4) is 0 Å². The molecule has 0 atom stereocenters. The lowest BCUT2D eigenvalue weighted by Gasteiger charge is -2.03. The van der Waals surface area contributed by atoms with Crippen LogP contribution in [0.4, 0.5) is 0 Å². The van der Waals surface area contributed by atoms with E-state index in [4.69, 9.17) is 0 Å². The number of rotatable bonds is 4. The number of hydrogen-bond acceptors (Lipinski definition) is 1. The molecular formula is C20H24BrN3. The Morgan fingerprint density at radius 1 is 0.792 bits per heavy atom. The van der Waals surface area contributed by atoms with Gasteiger partial charge in [-0.25, -0.2) is 4.57 Å². The van der Waals surface area contributed by atoms with Crippen molar-refractivity contribution in [3.63, 3.8) is 0 Å². The van der Waals surface area contributed by atoms with Gasteiger partial charge in [0.05, 0.1) is 6.54 Å². The van der Waals surface area contributed by atoms with Crippen LogP contribution in [0.1, 0.15) is 33.4 Å². The first-order valence-corrected chi connectivity index (χ1v) is 8.04. The second-order valence-electron chi connectivity index (χ2n) is 6.61. The highest BCUT2D eigenvalue weighted by atomic mass is 79.9. The maximum absolute atomic E-state index is 4.49. The van der Waals surface area contributed by atoms with E-state index in [0.29, 0.717) is 0 Å². The normalized spacial score (nSPS) is 10.5. The molecule has 1 aromatic heterocycles. The maximum Gasteiger partial charge on any atom is 0.265 e. The molecular weight excluding hydrogens is 362 g/mol. The molecule has 0 unspecified atom stereocenters. The lowest BCUT2D eigenvalue weighted by Crippen LogP contribution is -3.00. The van der Waals surface area contributed by atoms with Crippen molar-refractivity contribution >= 4 is 0 Å². The van der Waals surface area contributed by atoms with E-state index in [2.05, 4.69) is 80.1 Å². The summed E-state index contributed by atoms with van der Waals surface area (Å²) in [6.45, 7) is 10.2. The molecule has 0 N–H and O–H groups in total. The Bertz CT molecular complexity index is 728. The minimum absolute atomic E-state index is 0. The van der Waals surface area contributed by atoms with Crippen LogP contribution >= 0.6 is 0 Å². The summed E-state index contributed by atoms with van der Waals surface area (Å²) in [4.78, 5) is 0. The molecule has 3 aromatic rings. The molecule has 0 spiro atoms. The van der Waals surface area contributed by atoms with E-state index < -0.39 is 0 Å². The van der Waals surface area contributed by atoms with Crippen molar-refractivity contribution in [1.29, 1.82) is 0 Å². The smallest absolute Gasteiger partial charge is 0.265 e. The second-order valence-corrected chi connectivity index (χ2v) is 6.61. The molecule has 126 valence electrons. The Kier molecular flexibility index (Phi) is 5.94. The topological polar surface area (TPSA) is 21.7 Å². The van der Waals surface area contributed by atoms with E-state index in [1.807, 2.05) is 11.0 Å². The molecule has 0 amide bonds. The van der Waals surface area contributed by atoms with Crippen LogP contribution < -0.4 is 21.5 Å². The third-order valence-corrected chi connectivity index (χ3v) is 3.90. The molecule has 0 radical (unpaired) electrons. The van der Waals surface area contributed by atoms with Gasteiger partial charge in [-0.15, -0.1) is 4.68 Å². The number of nitrogens with zero attached hydrogens (tertiary/aromatic N) is 3. The number of aryl methyl sites for hydroxylation is 4. The first-order valence-electron chi connectivity index (χ1n) is 8.04. The average molecular weight is 386 g/mol. The molecule has 0 aliphatic carbocycles. The van der Waals surface area contributed by atoms with Gasteiger partial charge in [-0.1, -0.05) is 58.7 Å². The van der Waals surface area contributed by atoms with E-state index in [1.54, 1.807) is 0 Å². The molecule has 0 aliphatic rings. The monoisotopic (exact) mass is 385 g/mol. The van der Waals surface area contributed by atoms with E-state index in [9.17, 15) is 0 Å². The van der Waals surface area contributed by atoms with Crippen molar-refractivity contribution in [2.24, 2.45) is 0 Å². The number of halogens is 1. The fourth-order valence-corrected chi connectivity index (χ4v) is 3.25. The van der Waals surface area contributed by atoms with Gasteiger partial charge in [0.1, 0.15) is 6.54 Å². The Balaban J connectivity index is 0.00000208. The molecule has 0 bridgehead atoms. The molecule has 0 saturated heterocycles. The number of benzene rings is 2. The quantitative estimate of drug-likeness (QED) is 0.599. The molecule has 24 heavy (non-hydrogen) atoms. The summed E-state index contributed by atoms with van der Waals surface area (Å²) in [5, 5.41) is 4.49. The van der Waals surface area contributed by atoms with Gasteiger partial charge in [0.15, 0.2) is 0 Å². The zero-order valence-electron chi connectivity index (χ0n) is 14.8. The highest BCUT2D eigenvalue weighted by molar-refractivity contribution is 5.29. The predicted molar refractivity (Wildman–Crippen MR) is 92.5 cm³/mol. The first kappa shape index (κ1) is 18.4. The van der Waals surface area contributed by atoms with Gasteiger partial charge in [-0.2, -0.15) is 0 Å². The predicted octanol–water partition coefficient (Wildman–Crippen LogP) is 0.505. The van der Waals surface area contributed by atoms with Crippen molar-refractivity contribution in [3.8, 4) is 0 Å². The van der Waals surface area contributed by atoms with Gasteiger partial charge in [0, 0.05) is 5.10 Å². The van der Waals surface area contributed by atoms with Crippen molar-refractivity contribution < 1.29 is 21.5 Å². The van der Waals surface area contributed by atoms with Crippen LogP contribution in [0, 0.1) is 27.7 Å². The molecule has 3 rings (SSSR count). The van der Waals surface area contributed by atoms with Crippen molar-refractivity contribution in [2.45, 2.75) is 40.8 Å². The third-order valence-electron chi connectivity index (χ3n) is 3.90. The molecule has 0 aliphatic heterocycles. The minimum atomic E-state index is 0. The number of aromatic nitrogens is 3.